The molecule has 5 nitrogen and oxygen atoms in total. The molecule has 1 rings (SSSR count). The number of benzene rings is 1. The molecule has 0 unspecified atom stereocenters. The van der Waals surface area contributed by atoms with Crippen molar-refractivity contribution < 1.29 is 9.53 Å². The second-order valence-corrected chi connectivity index (χ2v) is 4.91. The summed E-state index contributed by atoms with van der Waals surface area (Å²) >= 11 is 0. The molecule has 21 heavy (non-hydrogen) atoms. The summed E-state index contributed by atoms with van der Waals surface area (Å²) in [6.45, 7) is 6.95. The standard InChI is InChI=1S/C16H27N3O2/c1-3-5-10-21-11-6-9-19-15-12-13(17)7-8-14(15)16(20)18-4-2/h7-8,12,19H,3-6,9-11,17H2,1-2H3,(H,18,20). The van der Waals surface area contributed by atoms with Crippen LogP contribution in [-0.4, -0.2) is 32.2 Å². The Hall–Kier alpha value is -1.75. The molecule has 0 bridgehead atoms. The van der Waals surface area contributed by atoms with Crippen LogP contribution in [0.3, 0.4) is 0 Å². The van der Waals surface area contributed by atoms with Crippen LogP contribution in [0, 0.1) is 0 Å². The van der Waals surface area contributed by atoms with Gasteiger partial charge in [0.1, 0.15) is 0 Å². The topological polar surface area (TPSA) is 76.4 Å². The van der Waals surface area contributed by atoms with Gasteiger partial charge in [0, 0.05) is 37.7 Å². The highest BCUT2D eigenvalue weighted by Gasteiger charge is 2.10. The molecule has 0 aromatic heterocycles. The number of anilines is 2. The zero-order valence-electron chi connectivity index (χ0n) is 13.1. The van der Waals surface area contributed by atoms with Crippen LogP contribution in [0.15, 0.2) is 18.2 Å². The van der Waals surface area contributed by atoms with Crippen LogP contribution in [0.4, 0.5) is 11.4 Å². The summed E-state index contributed by atoms with van der Waals surface area (Å²) in [4.78, 5) is 12.0. The Bertz CT molecular complexity index is 436. The lowest BCUT2D eigenvalue weighted by Gasteiger charge is -2.12. The monoisotopic (exact) mass is 293 g/mol. The zero-order valence-corrected chi connectivity index (χ0v) is 13.1. The largest absolute Gasteiger partial charge is 0.399 e. The van der Waals surface area contributed by atoms with Gasteiger partial charge in [-0.3, -0.25) is 4.79 Å². The Balaban J connectivity index is 2.45. The van der Waals surface area contributed by atoms with E-state index in [2.05, 4.69) is 17.6 Å². The second-order valence-electron chi connectivity index (χ2n) is 4.91. The first-order chi connectivity index (χ1) is 10.2. The zero-order chi connectivity index (χ0) is 15.5. The van der Waals surface area contributed by atoms with Gasteiger partial charge in [-0.25, -0.2) is 0 Å². The van der Waals surface area contributed by atoms with Gasteiger partial charge in [0.2, 0.25) is 0 Å². The summed E-state index contributed by atoms with van der Waals surface area (Å²) in [6, 6.07) is 5.28. The van der Waals surface area contributed by atoms with E-state index in [4.69, 9.17) is 10.5 Å². The molecule has 0 fully saturated rings. The van der Waals surface area contributed by atoms with Gasteiger partial charge >= 0.3 is 0 Å². The van der Waals surface area contributed by atoms with Gasteiger partial charge in [-0.05, 0) is 38.0 Å². The molecule has 1 aromatic rings. The van der Waals surface area contributed by atoms with Gasteiger partial charge in [-0.2, -0.15) is 0 Å². The molecular weight excluding hydrogens is 266 g/mol. The van der Waals surface area contributed by atoms with Crippen LogP contribution in [0.2, 0.25) is 0 Å². The van der Waals surface area contributed by atoms with E-state index in [-0.39, 0.29) is 5.91 Å². The Morgan fingerprint density at radius 3 is 2.71 bits per heavy atom. The highest BCUT2D eigenvalue weighted by Crippen LogP contribution is 2.19. The average Bonchev–Trinajstić information content (AvgIpc) is 2.46. The molecule has 4 N–H and O–H groups in total. The first-order valence-electron chi connectivity index (χ1n) is 7.68. The minimum Gasteiger partial charge on any atom is -0.399 e. The van der Waals surface area contributed by atoms with Crippen molar-refractivity contribution >= 4 is 17.3 Å². The molecule has 0 heterocycles. The number of nitrogens with one attached hydrogen (secondary N) is 2. The number of amides is 1. The van der Waals surface area contributed by atoms with Crippen molar-refractivity contribution in [3.63, 3.8) is 0 Å². The Morgan fingerprint density at radius 1 is 1.24 bits per heavy atom. The minimum atomic E-state index is -0.0841. The Kier molecular flexibility index (Phi) is 8.28. The van der Waals surface area contributed by atoms with Crippen molar-refractivity contribution in [1.82, 2.24) is 5.32 Å². The minimum absolute atomic E-state index is 0.0841. The molecule has 0 spiro atoms. The van der Waals surface area contributed by atoms with Gasteiger partial charge in [-0.15, -0.1) is 0 Å². The summed E-state index contributed by atoms with van der Waals surface area (Å²) in [5.74, 6) is -0.0841. The first-order valence-corrected chi connectivity index (χ1v) is 7.68. The molecule has 0 aliphatic heterocycles. The average molecular weight is 293 g/mol. The van der Waals surface area contributed by atoms with Crippen molar-refractivity contribution in [2.24, 2.45) is 0 Å². The van der Waals surface area contributed by atoms with E-state index in [0.29, 0.717) is 17.8 Å². The molecule has 0 saturated heterocycles. The maximum Gasteiger partial charge on any atom is 0.253 e. The number of hydrogen-bond acceptors (Lipinski definition) is 4. The van der Waals surface area contributed by atoms with E-state index in [1.807, 2.05) is 6.92 Å². The summed E-state index contributed by atoms with van der Waals surface area (Å²) in [7, 11) is 0. The number of unbranched alkanes of at least 4 members (excludes halogenated alkanes) is 1. The quantitative estimate of drug-likeness (QED) is 0.458. The number of nitrogen functional groups attached to an aromatic ring is 1. The van der Waals surface area contributed by atoms with Crippen LogP contribution in [-0.2, 0) is 4.74 Å². The van der Waals surface area contributed by atoms with Gasteiger partial charge < -0.3 is 21.1 Å². The SMILES string of the molecule is CCCCOCCCNc1cc(N)ccc1C(=O)NCC. The van der Waals surface area contributed by atoms with Crippen molar-refractivity contribution in [2.75, 3.05) is 37.4 Å². The predicted octanol–water partition coefficient (Wildman–Crippen LogP) is 2.64. The van der Waals surface area contributed by atoms with E-state index >= 15 is 0 Å². The number of rotatable bonds is 10. The molecule has 0 aliphatic carbocycles. The van der Waals surface area contributed by atoms with Crippen molar-refractivity contribution in [3.05, 3.63) is 23.8 Å². The fourth-order valence-electron chi connectivity index (χ4n) is 1.91. The number of hydrogen-bond donors (Lipinski definition) is 3. The first kappa shape index (κ1) is 17.3. The molecule has 1 aromatic carbocycles. The summed E-state index contributed by atoms with van der Waals surface area (Å²) in [5, 5.41) is 6.07. The van der Waals surface area contributed by atoms with E-state index in [1.54, 1.807) is 18.2 Å². The fraction of sp³-hybridized carbons (Fsp3) is 0.562. The van der Waals surface area contributed by atoms with E-state index in [0.717, 1.165) is 44.7 Å². The smallest absolute Gasteiger partial charge is 0.253 e. The highest BCUT2D eigenvalue weighted by molar-refractivity contribution is 6.00. The number of carbonyl (C=O) groups is 1. The molecule has 0 radical (unpaired) electrons. The van der Waals surface area contributed by atoms with Gasteiger partial charge in [0.25, 0.3) is 5.91 Å². The predicted molar refractivity (Wildman–Crippen MR) is 87.7 cm³/mol. The maximum atomic E-state index is 12.0. The molecule has 5 heteroatoms. The Morgan fingerprint density at radius 2 is 2.00 bits per heavy atom. The lowest BCUT2D eigenvalue weighted by molar-refractivity contribution is 0.0956. The molecule has 0 atom stereocenters. The van der Waals surface area contributed by atoms with Crippen molar-refractivity contribution in [3.8, 4) is 0 Å². The van der Waals surface area contributed by atoms with Gasteiger partial charge in [0.05, 0.1) is 5.56 Å². The van der Waals surface area contributed by atoms with E-state index < -0.39 is 0 Å². The molecule has 1 amide bonds. The second kappa shape index (κ2) is 10.0. The van der Waals surface area contributed by atoms with Crippen LogP contribution < -0.4 is 16.4 Å². The fourth-order valence-corrected chi connectivity index (χ4v) is 1.91. The molecule has 0 aliphatic rings. The number of carbonyl (C=O) groups excluding carboxylic acids is 1. The molecular formula is C16H27N3O2. The third-order valence-corrected chi connectivity index (χ3v) is 3.05. The van der Waals surface area contributed by atoms with Crippen molar-refractivity contribution in [1.29, 1.82) is 0 Å². The third kappa shape index (κ3) is 6.49. The normalized spacial score (nSPS) is 10.4. The molecule has 118 valence electrons. The summed E-state index contributed by atoms with van der Waals surface area (Å²) in [5.41, 5.74) is 7.83. The molecule has 0 saturated carbocycles. The van der Waals surface area contributed by atoms with Crippen molar-refractivity contribution in [2.45, 2.75) is 33.1 Å². The lowest BCUT2D eigenvalue weighted by Crippen LogP contribution is -2.24. The summed E-state index contributed by atoms with van der Waals surface area (Å²) in [6.07, 6.45) is 3.15. The van der Waals surface area contributed by atoms with Crippen LogP contribution in [0.1, 0.15) is 43.5 Å². The van der Waals surface area contributed by atoms with Gasteiger partial charge in [-0.1, -0.05) is 13.3 Å². The van der Waals surface area contributed by atoms with Crippen LogP contribution in [0.25, 0.3) is 0 Å². The van der Waals surface area contributed by atoms with E-state index in [9.17, 15) is 4.79 Å². The van der Waals surface area contributed by atoms with Crippen LogP contribution >= 0.6 is 0 Å². The lowest BCUT2D eigenvalue weighted by atomic mass is 10.1. The van der Waals surface area contributed by atoms with E-state index in [1.165, 1.54) is 0 Å². The van der Waals surface area contributed by atoms with Gasteiger partial charge in [0.15, 0.2) is 0 Å². The number of ether oxygens (including phenoxy) is 1. The maximum absolute atomic E-state index is 12.0. The van der Waals surface area contributed by atoms with Crippen LogP contribution in [0.5, 0.6) is 0 Å². The highest BCUT2D eigenvalue weighted by atomic mass is 16.5. The summed E-state index contributed by atoms with van der Waals surface area (Å²) < 4.78 is 5.51. The number of nitrogens with two attached hydrogens (primary N) is 1. The third-order valence-electron chi connectivity index (χ3n) is 3.05. The Labute approximate surface area is 127 Å².